The molecule has 3 nitrogen and oxygen atoms in total. The Morgan fingerprint density at radius 3 is 2.76 bits per heavy atom. The number of rotatable bonds is 4. The van der Waals surface area contributed by atoms with Crippen molar-refractivity contribution in [3.05, 3.63) is 29.8 Å². The summed E-state index contributed by atoms with van der Waals surface area (Å²) >= 11 is 0. The molecule has 3 heteroatoms. The van der Waals surface area contributed by atoms with Crippen molar-refractivity contribution in [1.82, 2.24) is 4.90 Å². The zero-order chi connectivity index (χ0) is 15.2. The minimum Gasteiger partial charge on any atom is -0.497 e. The van der Waals surface area contributed by atoms with Crippen LogP contribution in [0.2, 0.25) is 0 Å². The maximum Gasteiger partial charge on any atom is 0.166 e. The molecule has 1 saturated heterocycles. The second-order valence-corrected chi connectivity index (χ2v) is 6.21. The molecule has 116 valence electrons. The van der Waals surface area contributed by atoms with E-state index in [0.717, 1.165) is 43.7 Å². The van der Waals surface area contributed by atoms with Crippen molar-refractivity contribution in [3.63, 3.8) is 0 Å². The van der Waals surface area contributed by atoms with Gasteiger partial charge in [0.1, 0.15) is 5.75 Å². The van der Waals surface area contributed by atoms with Crippen LogP contribution in [0.3, 0.4) is 0 Å². The summed E-state index contributed by atoms with van der Waals surface area (Å²) < 4.78 is 5.23. The lowest BCUT2D eigenvalue weighted by Gasteiger charge is -2.30. The predicted molar refractivity (Wildman–Crippen MR) is 86.0 cm³/mol. The summed E-state index contributed by atoms with van der Waals surface area (Å²) in [5.74, 6) is 1.19. The number of methoxy groups -OCH3 is 1. The Morgan fingerprint density at radius 2 is 2.05 bits per heavy atom. The van der Waals surface area contributed by atoms with Crippen LogP contribution in [0.1, 0.15) is 49.9 Å². The van der Waals surface area contributed by atoms with Gasteiger partial charge in [-0.25, -0.2) is 0 Å². The van der Waals surface area contributed by atoms with E-state index in [-0.39, 0.29) is 11.7 Å². The third kappa shape index (κ3) is 4.31. The van der Waals surface area contributed by atoms with Gasteiger partial charge in [0.15, 0.2) is 5.78 Å². The predicted octanol–water partition coefficient (Wildman–Crippen LogP) is 3.78. The Hall–Kier alpha value is -1.35. The molecule has 0 N–H and O–H groups in total. The van der Waals surface area contributed by atoms with E-state index in [2.05, 4.69) is 18.7 Å². The van der Waals surface area contributed by atoms with Crippen LogP contribution in [0.5, 0.6) is 5.75 Å². The summed E-state index contributed by atoms with van der Waals surface area (Å²) in [6.45, 7) is 6.66. The fourth-order valence-electron chi connectivity index (χ4n) is 3.07. The van der Waals surface area contributed by atoms with E-state index in [4.69, 9.17) is 4.74 Å². The highest BCUT2D eigenvalue weighted by molar-refractivity contribution is 5.98. The summed E-state index contributed by atoms with van der Waals surface area (Å²) in [5.41, 5.74) is 0.788. The van der Waals surface area contributed by atoms with E-state index >= 15 is 0 Å². The summed E-state index contributed by atoms with van der Waals surface area (Å²) in [5, 5.41) is 0. The smallest absolute Gasteiger partial charge is 0.166 e. The topological polar surface area (TPSA) is 29.5 Å². The average Bonchev–Trinajstić information content (AvgIpc) is 2.46. The molecule has 0 aliphatic carbocycles. The molecule has 1 aromatic carbocycles. The van der Waals surface area contributed by atoms with Gasteiger partial charge >= 0.3 is 0 Å². The summed E-state index contributed by atoms with van der Waals surface area (Å²) in [6, 6.07) is 8.12. The van der Waals surface area contributed by atoms with E-state index in [1.54, 1.807) is 7.11 Å². The van der Waals surface area contributed by atoms with Crippen LogP contribution in [0.15, 0.2) is 24.3 Å². The summed E-state index contributed by atoms with van der Waals surface area (Å²) in [6.07, 6.45) is 4.32. The number of hydrogen-bond acceptors (Lipinski definition) is 3. The minimum absolute atomic E-state index is 0.152. The van der Waals surface area contributed by atoms with Gasteiger partial charge in [-0.15, -0.1) is 0 Å². The molecule has 0 spiro atoms. The van der Waals surface area contributed by atoms with Crippen LogP contribution in [0.25, 0.3) is 0 Å². The highest BCUT2D eigenvalue weighted by atomic mass is 16.5. The van der Waals surface area contributed by atoms with E-state index in [1.807, 2.05) is 24.3 Å². The van der Waals surface area contributed by atoms with Crippen LogP contribution in [0, 0.1) is 5.92 Å². The minimum atomic E-state index is 0.152. The monoisotopic (exact) mass is 289 g/mol. The van der Waals surface area contributed by atoms with E-state index < -0.39 is 0 Å². The molecule has 1 aliphatic rings. The van der Waals surface area contributed by atoms with Crippen molar-refractivity contribution < 1.29 is 9.53 Å². The molecule has 0 radical (unpaired) electrons. The van der Waals surface area contributed by atoms with E-state index in [0.29, 0.717) is 6.04 Å². The first-order valence-electron chi connectivity index (χ1n) is 8.04. The largest absolute Gasteiger partial charge is 0.497 e. The molecular formula is C18H27NO2. The second kappa shape index (κ2) is 7.60. The molecule has 1 atom stereocenters. The lowest BCUT2D eigenvalue weighted by atomic mass is 9.88. The van der Waals surface area contributed by atoms with Crippen molar-refractivity contribution in [2.24, 2.45) is 5.92 Å². The standard InChI is InChI=1S/C18H27NO2/c1-14(2)19-11-5-4-7-15(10-12-19)18(20)16-8-6-9-17(13-16)21-3/h6,8-9,13-15H,4-5,7,10-12H2,1-3H3. The number of nitrogens with zero attached hydrogens (tertiary/aromatic N) is 1. The van der Waals surface area contributed by atoms with Gasteiger partial charge in [0.05, 0.1) is 7.11 Å². The number of carbonyl (C=O) groups excluding carboxylic acids is 1. The van der Waals surface area contributed by atoms with Gasteiger partial charge in [0.2, 0.25) is 0 Å². The second-order valence-electron chi connectivity index (χ2n) is 6.21. The third-order valence-corrected chi connectivity index (χ3v) is 4.47. The molecule has 1 aliphatic heterocycles. The van der Waals surface area contributed by atoms with Crippen molar-refractivity contribution in [3.8, 4) is 5.75 Å². The summed E-state index contributed by atoms with van der Waals surface area (Å²) in [4.78, 5) is 15.2. The van der Waals surface area contributed by atoms with Gasteiger partial charge < -0.3 is 9.64 Å². The molecule has 0 bridgehead atoms. The normalized spacial score (nSPS) is 20.9. The van der Waals surface area contributed by atoms with Gasteiger partial charge in [-0.3, -0.25) is 4.79 Å². The summed E-state index contributed by atoms with van der Waals surface area (Å²) in [7, 11) is 1.64. The maximum atomic E-state index is 12.7. The molecule has 0 aromatic heterocycles. The first-order valence-corrected chi connectivity index (χ1v) is 8.04. The highest BCUT2D eigenvalue weighted by Crippen LogP contribution is 2.24. The zero-order valence-electron chi connectivity index (χ0n) is 13.5. The number of benzene rings is 1. The maximum absolute atomic E-state index is 12.7. The van der Waals surface area contributed by atoms with Crippen LogP contribution < -0.4 is 4.74 Å². The molecule has 0 amide bonds. The van der Waals surface area contributed by atoms with Crippen LogP contribution in [-0.2, 0) is 0 Å². The first-order chi connectivity index (χ1) is 10.1. The van der Waals surface area contributed by atoms with E-state index in [1.165, 1.54) is 6.42 Å². The fraction of sp³-hybridized carbons (Fsp3) is 0.611. The van der Waals surface area contributed by atoms with Gasteiger partial charge in [0, 0.05) is 17.5 Å². The van der Waals surface area contributed by atoms with Gasteiger partial charge in [0.25, 0.3) is 0 Å². The molecule has 1 aromatic rings. The Morgan fingerprint density at radius 1 is 1.24 bits per heavy atom. The van der Waals surface area contributed by atoms with Crippen molar-refractivity contribution in [2.75, 3.05) is 20.2 Å². The Labute approximate surface area is 128 Å². The number of hydrogen-bond donors (Lipinski definition) is 0. The van der Waals surface area contributed by atoms with E-state index in [9.17, 15) is 4.79 Å². The van der Waals surface area contributed by atoms with Crippen LogP contribution in [-0.4, -0.2) is 36.9 Å². The molecule has 0 saturated carbocycles. The first kappa shape index (κ1) is 16.0. The lowest BCUT2D eigenvalue weighted by molar-refractivity contribution is 0.0869. The number of ketones is 1. The molecule has 1 heterocycles. The number of Topliss-reactive ketones (excluding diaryl/α,β-unsaturated/α-hetero) is 1. The van der Waals surface area contributed by atoms with Crippen LogP contribution in [0.4, 0.5) is 0 Å². The third-order valence-electron chi connectivity index (χ3n) is 4.47. The van der Waals surface area contributed by atoms with Crippen LogP contribution >= 0.6 is 0 Å². The Balaban J connectivity index is 2.06. The molecule has 2 rings (SSSR count). The number of carbonyl (C=O) groups is 1. The Bertz CT molecular complexity index is 470. The molecular weight excluding hydrogens is 262 g/mol. The fourth-order valence-corrected chi connectivity index (χ4v) is 3.07. The zero-order valence-corrected chi connectivity index (χ0v) is 13.5. The number of likely N-dealkylation sites (tertiary alicyclic amines) is 1. The van der Waals surface area contributed by atoms with Gasteiger partial charge in [-0.1, -0.05) is 18.6 Å². The lowest BCUT2D eigenvalue weighted by Crippen LogP contribution is -2.36. The highest BCUT2D eigenvalue weighted by Gasteiger charge is 2.23. The van der Waals surface area contributed by atoms with Crippen molar-refractivity contribution in [2.45, 2.75) is 45.6 Å². The van der Waals surface area contributed by atoms with Crippen molar-refractivity contribution >= 4 is 5.78 Å². The quantitative estimate of drug-likeness (QED) is 0.790. The molecule has 1 unspecified atom stereocenters. The van der Waals surface area contributed by atoms with Gasteiger partial charge in [-0.2, -0.15) is 0 Å². The SMILES string of the molecule is COc1cccc(C(=O)C2CCCCN(C(C)C)CC2)c1. The number of ether oxygens (including phenoxy) is 1. The Kier molecular flexibility index (Phi) is 5.80. The van der Waals surface area contributed by atoms with Gasteiger partial charge in [-0.05, 0) is 58.3 Å². The average molecular weight is 289 g/mol. The molecule has 21 heavy (non-hydrogen) atoms. The van der Waals surface area contributed by atoms with Crippen molar-refractivity contribution in [1.29, 1.82) is 0 Å². The molecule has 1 fully saturated rings.